The minimum absolute atomic E-state index is 0.00127. The van der Waals surface area contributed by atoms with Crippen LogP contribution < -0.4 is 15.1 Å². The minimum Gasteiger partial charge on any atom is -0.390 e. The predicted molar refractivity (Wildman–Crippen MR) is 148 cm³/mol. The lowest BCUT2D eigenvalue weighted by Crippen LogP contribution is -2.61. The van der Waals surface area contributed by atoms with Gasteiger partial charge < -0.3 is 20.2 Å². The van der Waals surface area contributed by atoms with Crippen molar-refractivity contribution in [2.45, 2.75) is 61.6 Å². The molecule has 1 amide bonds. The number of carbonyl (C=O) groups excluding carboxylic acids is 1. The quantitative estimate of drug-likeness (QED) is 0.536. The van der Waals surface area contributed by atoms with E-state index >= 15 is 0 Å². The van der Waals surface area contributed by atoms with E-state index in [2.05, 4.69) is 47.9 Å². The van der Waals surface area contributed by atoms with Crippen molar-refractivity contribution >= 4 is 43.3 Å². The van der Waals surface area contributed by atoms with E-state index in [9.17, 15) is 18.3 Å². The van der Waals surface area contributed by atoms with Gasteiger partial charge in [-0.15, -0.1) is 0 Å². The molecule has 1 saturated heterocycles. The summed E-state index contributed by atoms with van der Waals surface area (Å²) in [5, 5.41) is 14.1. The number of nitrogens with zero attached hydrogens (tertiary/aromatic N) is 4. The van der Waals surface area contributed by atoms with Gasteiger partial charge in [-0.1, -0.05) is 15.9 Å². The number of benzene rings is 1. The van der Waals surface area contributed by atoms with Crippen molar-refractivity contribution in [1.82, 2.24) is 15.3 Å². The maximum Gasteiger partial charge on any atom is 0.270 e. The van der Waals surface area contributed by atoms with Crippen molar-refractivity contribution in [1.29, 1.82) is 0 Å². The molecule has 5 fully saturated rings. The Bertz CT molecular complexity index is 1350. The molecule has 2 heterocycles. The van der Waals surface area contributed by atoms with Crippen LogP contribution >= 0.6 is 15.9 Å². The number of halogens is 1. The maximum atomic E-state index is 13.3. The molecule has 0 radical (unpaired) electrons. The van der Waals surface area contributed by atoms with Crippen molar-refractivity contribution in [3.05, 3.63) is 40.6 Å². The highest BCUT2D eigenvalue weighted by atomic mass is 79.9. The maximum absolute atomic E-state index is 13.3. The fourth-order valence-corrected chi connectivity index (χ4v) is 8.81. The van der Waals surface area contributed by atoms with Gasteiger partial charge in [-0.3, -0.25) is 4.79 Å². The number of hydrogen-bond acceptors (Lipinski definition) is 8. The summed E-state index contributed by atoms with van der Waals surface area (Å²) in [5.74, 6) is 1.57. The van der Waals surface area contributed by atoms with Gasteiger partial charge in [0.2, 0.25) is 5.95 Å². The SMILES string of the molecule is C[C@@H]1CN(c2cc(Br)ccc2S(C)(=O)=O)CCN1c1nccc(C(=O)N[C@H]2C3CC4CC2C[C@](O)(C4)C3)n1. The van der Waals surface area contributed by atoms with Gasteiger partial charge in [0.15, 0.2) is 9.84 Å². The molecular formula is C27H34BrN5O4S. The number of carbonyl (C=O) groups is 1. The number of amides is 1. The Morgan fingerprint density at radius 3 is 2.55 bits per heavy atom. The highest BCUT2D eigenvalue weighted by molar-refractivity contribution is 9.10. The van der Waals surface area contributed by atoms with Crippen LogP contribution in [0.3, 0.4) is 0 Å². The summed E-state index contributed by atoms with van der Waals surface area (Å²) in [6, 6.07) is 6.98. The van der Waals surface area contributed by atoms with Gasteiger partial charge in [-0.05, 0) is 81.0 Å². The standard InChI is InChI=1S/C27H34BrN5O4S/c1-16-15-32(22-11-20(28)3-4-23(22)38(2,36)37)7-8-33(16)26-29-6-5-21(30-26)25(34)31-24-18-9-17-10-19(24)14-27(35,12-17)13-18/h3-6,11,16-19,24,35H,7-10,12-15H2,1-2H3,(H,31,34)/t16-,17?,18?,19?,24-,27-/m1/s1. The Kier molecular flexibility index (Phi) is 6.47. The molecule has 38 heavy (non-hydrogen) atoms. The van der Waals surface area contributed by atoms with E-state index in [0.717, 1.165) is 36.6 Å². The Morgan fingerprint density at radius 1 is 1.16 bits per heavy atom. The highest BCUT2D eigenvalue weighted by Gasteiger charge is 2.55. The molecule has 7 rings (SSSR count). The molecule has 4 aliphatic carbocycles. The van der Waals surface area contributed by atoms with Crippen molar-refractivity contribution in [3.8, 4) is 0 Å². The van der Waals surface area contributed by atoms with Crippen molar-refractivity contribution in [3.63, 3.8) is 0 Å². The van der Waals surface area contributed by atoms with Crippen LogP contribution in [0.2, 0.25) is 0 Å². The van der Waals surface area contributed by atoms with Gasteiger partial charge in [-0.2, -0.15) is 0 Å². The van der Waals surface area contributed by atoms with Crippen molar-refractivity contribution < 1.29 is 18.3 Å². The average Bonchev–Trinajstić information content (AvgIpc) is 2.84. The van der Waals surface area contributed by atoms with Crippen LogP contribution in [0, 0.1) is 17.8 Å². The fourth-order valence-electron chi connectivity index (χ4n) is 7.58. The monoisotopic (exact) mass is 603 g/mol. The molecule has 11 heteroatoms. The first-order chi connectivity index (χ1) is 18.0. The molecule has 4 saturated carbocycles. The van der Waals surface area contributed by atoms with Crippen LogP contribution in [0.25, 0.3) is 0 Å². The van der Waals surface area contributed by atoms with Gasteiger partial charge in [0, 0.05) is 48.6 Å². The topological polar surface area (TPSA) is 116 Å². The zero-order valence-electron chi connectivity index (χ0n) is 21.7. The van der Waals surface area contributed by atoms with Crippen molar-refractivity contribution in [2.24, 2.45) is 17.8 Å². The number of hydrogen-bond donors (Lipinski definition) is 2. The van der Waals surface area contributed by atoms with Crippen molar-refractivity contribution in [2.75, 3.05) is 35.7 Å². The van der Waals surface area contributed by atoms with E-state index in [4.69, 9.17) is 0 Å². The molecule has 2 aromatic rings. The molecule has 9 nitrogen and oxygen atoms in total. The number of sulfone groups is 1. The summed E-state index contributed by atoms with van der Waals surface area (Å²) < 4.78 is 25.6. The van der Waals surface area contributed by atoms with Gasteiger partial charge in [0.25, 0.3) is 5.91 Å². The molecule has 2 N–H and O–H groups in total. The summed E-state index contributed by atoms with van der Waals surface area (Å²) in [6.07, 6.45) is 7.50. The van der Waals surface area contributed by atoms with E-state index in [1.165, 1.54) is 6.26 Å². The minimum atomic E-state index is -3.38. The summed E-state index contributed by atoms with van der Waals surface area (Å²) >= 11 is 3.47. The fraction of sp³-hybridized carbons (Fsp3) is 0.593. The normalized spacial score (nSPS) is 32.5. The molecule has 1 aromatic carbocycles. The highest BCUT2D eigenvalue weighted by Crippen LogP contribution is 2.55. The first-order valence-electron chi connectivity index (χ1n) is 13.4. The largest absolute Gasteiger partial charge is 0.390 e. The molecule has 3 atom stereocenters. The van der Waals surface area contributed by atoms with E-state index < -0.39 is 15.4 Å². The Balaban J connectivity index is 1.16. The molecule has 4 bridgehead atoms. The molecule has 2 unspecified atom stereocenters. The molecular weight excluding hydrogens is 570 g/mol. The zero-order valence-corrected chi connectivity index (χ0v) is 24.1. The number of nitrogens with one attached hydrogen (secondary N) is 1. The van der Waals surface area contributed by atoms with Crippen LogP contribution in [0.1, 0.15) is 49.5 Å². The lowest BCUT2D eigenvalue weighted by atomic mass is 9.52. The Morgan fingerprint density at radius 2 is 1.89 bits per heavy atom. The third-order valence-corrected chi connectivity index (χ3v) is 10.6. The van der Waals surface area contributed by atoms with Crippen LogP contribution in [-0.4, -0.2) is 73.0 Å². The lowest BCUT2D eigenvalue weighted by Gasteiger charge is -2.58. The predicted octanol–water partition coefficient (Wildman–Crippen LogP) is 3.03. The number of aromatic nitrogens is 2. The second-order valence-corrected chi connectivity index (χ2v) is 14.7. The first-order valence-corrected chi connectivity index (χ1v) is 16.0. The molecule has 5 aliphatic rings. The summed E-state index contributed by atoms with van der Waals surface area (Å²) in [6.45, 7) is 3.83. The molecule has 1 aliphatic heterocycles. The Hall–Kier alpha value is -2.24. The van der Waals surface area contributed by atoms with Crippen LogP contribution in [0.15, 0.2) is 39.8 Å². The van der Waals surface area contributed by atoms with Crippen LogP contribution in [0.5, 0.6) is 0 Å². The molecule has 1 aromatic heterocycles. The van der Waals surface area contributed by atoms with Crippen LogP contribution in [0.4, 0.5) is 11.6 Å². The summed E-state index contributed by atoms with van der Waals surface area (Å²) in [4.78, 5) is 26.9. The number of aliphatic hydroxyl groups is 1. The summed E-state index contributed by atoms with van der Waals surface area (Å²) in [5.41, 5.74) is 0.502. The average molecular weight is 605 g/mol. The number of anilines is 2. The second kappa shape index (κ2) is 9.45. The third kappa shape index (κ3) is 4.81. The number of piperazine rings is 1. The molecule has 204 valence electrons. The molecule has 0 spiro atoms. The first kappa shape index (κ1) is 26.0. The number of rotatable bonds is 5. The smallest absolute Gasteiger partial charge is 0.270 e. The summed E-state index contributed by atoms with van der Waals surface area (Å²) in [7, 11) is -3.38. The van der Waals surface area contributed by atoms with Gasteiger partial charge in [-0.25, -0.2) is 18.4 Å². The van der Waals surface area contributed by atoms with E-state index in [1.807, 2.05) is 6.07 Å². The zero-order chi connectivity index (χ0) is 26.8. The third-order valence-electron chi connectivity index (χ3n) is 8.96. The van der Waals surface area contributed by atoms with Crippen LogP contribution in [-0.2, 0) is 9.84 Å². The van der Waals surface area contributed by atoms with E-state index in [1.54, 1.807) is 24.4 Å². The van der Waals surface area contributed by atoms with Gasteiger partial charge in [0.1, 0.15) is 5.69 Å². The van der Waals surface area contributed by atoms with Gasteiger partial charge in [0.05, 0.1) is 16.2 Å². The Labute approximate surface area is 232 Å². The van der Waals surface area contributed by atoms with E-state index in [-0.39, 0.29) is 18.0 Å². The second-order valence-electron chi connectivity index (χ2n) is 11.8. The van der Waals surface area contributed by atoms with Gasteiger partial charge >= 0.3 is 0 Å². The van der Waals surface area contributed by atoms with E-state index in [0.29, 0.717) is 59.6 Å². The lowest BCUT2D eigenvalue weighted by molar-refractivity contribution is -0.136.